The van der Waals surface area contributed by atoms with Gasteiger partial charge in [0.15, 0.2) is 6.61 Å². The van der Waals surface area contributed by atoms with Crippen molar-refractivity contribution in [2.45, 2.75) is 4.90 Å². The van der Waals surface area contributed by atoms with Crippen LogP contribution < -0.4 is 11.1 Å². The SMILES string of the molecule is NC(=O)c1ccc(NC(=O)COC(=O)c2ccc(S(=O)(=O)N3CCOCC3)cc2)cc1. The maximum absolute atomic E-state index is 12.6. The Balaban J connectivity index is 1.54. The number of nitrogens with two attached hydrogens (primary N) is 1. The number of esters is 1. The summed E-state index contributed by atoms with van der Waals surface area (Å²) in [6, 6.07) is 11.2. The van der Waals surface area contributed by atoms with Crippen molar-refractivity contribution in [2.75, 3.05) is 38.2 Å². The Kier molecular flexibility index (Phi) is 7.00. The Morgan fingerprint density at radius 3 is 2.13 bits per heavy atom. The van der Waals surface area contributed by atoms with E-state index in [9.17, 15) is 22.8 Å². The van der Waals surface area contributed by atoms with Crippen LogP contribution in [0.5, 0.6) is 0 Å². The van der Waals surface area contributed by atoms with Crippen molar-refractivity contribution in [1.29, 1.82) is 0 Å². The second-order valence-corrected chi connectivity index (χ2v) is 8.54. The number of amides is 2. The van der Waals surface area contributed by atoms with Gasteiger partial charge in [0.2, 0.25) is 15.9 Å². The van der Waals surface area contributed by atoms with Crippen LogP contribution >= 0.6 is 0 Å². The van der Waals surface area contributed by atoms with Crippen LogP contribution in [0.3, 0.4) is 0 Å². The molecule has 0 aromatic heterocycles. The lowest BCUT2D eigenvalue weighted by atomic mass is 10.2. The highest BCUT2D eigenvalue weighted by Crippen LogP contribution is 2.18. The first-order valence-corrected chi connectivity index (χ1v) is 10.8. The number of hydrogen-bond acceptors (Lipinski definition) is 7. The number of sulfonamides is 1. The van der Waals surface area contributed by atoms with Crippen LogP contribution in [0.4, 0.5) is 5.69 Å². The third-order valence-corrected chi connectivity index (χ3v) is 6.40. The van der Waals surface area contributed by atoms with Crippen LogP contribution in [-0.2, 0) is 24.3 Å². The molecule has 31 heavy (non-hydrogen) atoms. The van der Waals surface area contributed by atoms with Crippen LogP contribution in [0, 0.1) is 0 Å². The summed E-state index contributed by atoms with van der Waals surface area (Å²) >= 11 is 0. The van der Waals surface area contributed by atoms with Gasteiger partial charge in [0.25, 0.3) is 5.91 Å². The lowest BCUT2D eigenvalue weighted by Crippen LogP contribution is -2.40. The molecule has 0 radical (unpaired) electrons. The topological polar surface area (TPSA) is 145 Å². The number of carbonyl (C=O) groups is 3. The highest BCUT2D eigenvalue weighted by atomic mass is 32.2. The van der Waals surface area contributed by atoms with Gasteiger partial charge in [-0.25, -0.2) is 13.2 Å². The fourth-order valence-corrected chi connectivity index (χ4v) is 4.24. The third kappa shape index (κ3) is 5.66. The van der Waals surface area contributed by atoms with Gasteiger partial charge >= 0.3 is 5.97 Å². The molecular formula is C20H21N3O7S. The quantitative estimate of drug-likeness (QED) is 0.591. The van der Waals surface area contributed by atoms with Crippen LogP contribution in [-0.4, -0.2) is 63.4 Å². The van der Waals surface area contributed by atoms with E-state index in [0.717, 1.165) is 0 Å². The zero-order chi connectivity index (χ0) is 22.4. The van der Waals surface area contributed by atoms with Gasteiger partial charge in [0.1, 0.15) is 0 Å². The van der Waals surface area contributed by atoms with E-state index in [4.69, 9.17) is 15.2 Å². The molecule has 11 heteroatoms. The smallest absolute Gasteiger partial charge is 0.338 e. The summed E-state index contributed by atoms with van der Waals surface area (Å²) in [6.45, 7) is 0.672. The van der Waals surface area contributed by atoms with E-state index in [1.165, 1.54) is 52.8 Å². The molecule has 0 atom stereocenters. The first kappa shape index (κ1) is 22.4. The predicted octanol–water partition coefficient (Wildman–Crippen LogP) is 0.602. The second kappa shape index (κ2) is 9.69. The van der Waals surface area contributed by atoms with Gasteiger partial charge in [0.05, 0.1) is 23.7 Å². The monoisotopic (exact) mass is 447 g/mol. The largest absolute Gasteiger partial charge is 0.452 e. The van der Waals surface area contributed by atoms with Crippen LogP contribution in [0.1, 0.15) is 20.7 Å². The molecule has 1 aliphatic rings. The zero-order valence-corrected chi connectivity index (χ0v) is 17.3. The number of carbonyl (C=O) groups excluding carboxylic acids is 3. The average molecular weight is 447 g/mol. The van der Waals surface area contributed by atoms with Crippen molar-refractivity contribution in [2.24, 2.45) is 5.73 Å². The molecule has 0 aliphatic carbocycles. The van der Waals surface area contributed by atoms with Crippen molar-refractivity contribution in [1.82, 2.24) is 4.31 Å². The molecule has 0 spiro atoms. The maximum Gasteiger partial charge on any atom is 0.338 e. The number of rotatable bonds is 7. The molecule has 2 aromatic carbocycles. The summed E-state index contributed by atoms with van der Waals surface area (Å²) in [4.78, 5) is 35.2. The minimum absolute atomic E-state index is 0.0584. The van der Waals surface area contributed by atoms with E-state index in [0.29, 0.717) is 24.5 Å². The molecule has 2 amide bonds. The molecule has 1 heterocycles. The molecule has 0 bridgehead atoms. The number of ether oxygens (including phenoxy) is 2. The van der Waals surface area contributed by atoms with Crippen LogP contribution in [0.2, 0.25) is 0 Å². The van der Waals surface area contributed by atoms with Gasteiger partial charge < -0.3 is 20.5 Å². The van der Waals surface area contributed by atoms with Gasteiger partial charge in [-0.1, -0.05) is 0 Å². The number of nitrogens with zero attached hydrogens (tertiary/aromatic N) is 1. The molecule has 3 rings (SSSR count). The Hall–Kier alpha value is -3.28. The predicted molar refractivity (Wildman–Crippen MR) is 110 cm³/mol. The van der Waals surface area contributed by atoms with E-state index in [-0.39, 0.29) is 23.5 Å². The Morgan fingerprint density at radius 2 is 1.55 bits per heavy atom. The van der Waals surface area contributed by atoms with E-state index < -0.39 is 34.4 Å². The molecule has 2 aromatic rings. The van der Waals surface area contributed by atoms with Crippen molar-refractivity contribution in [3.05, 3.63) is 59.7 Å². The van der Waals surface area contributed by atoms with Crippen LogP contribution in [0.15, 0.2) is 53.4 Å². The fraction of sp³-hybridized carbons (Fsp3) is 0.250. The van der Waals surface area contributed by atoms with Gasteiger partial charge in [-0.15, -0.1) is 0 Å². The van der Waals surface area contributed by atoms with Gasteiger partial charge in [-0.2, -0.15) is 4.31 Å². The molecule has 0 unspecified atom stereocenters. The Bertz CT molecular complexity index is 1060. The zero-order valence-electron chi connectivity index (χ0n) is 16.4. The minimum Gasteiger partial charge on any atom is -0.452 e. The highest BCUT2D eigenvalue weighted by molar-refractivity contribution is 7.89. The molecule has 3 N–H and O–H groups in total. The molecular weight excluding hydrogens is 426 g/mol. The van der Waals surface area contributed by atoms with Crippen molar-refractivity contribution >= 4 is 33.5 Å². The summed E-state index contributed by atoms with van der Waals surface area (Å²) in [5.74, 6) is -1.93. The lowest BCUT2D eigenvalue weighted by molar-refractivity contribution is -0.119. The molecule has 1 fully saturated rings. The minimum atomic E-state index is -3.67. The maximum atomic E-state index is 12.6. The number of nitrogens with one attached hydrogen (secondary N) is 1. The van der Waals surface area contributed by atoms with Gasteiger partial charge in [-0.3, -0.25) is 9.59 Å². The van der Waals surface area contributed by atoms with Gasteiger partial charge in [0, 0.05) is 24.3 Å². The molecule has 10 nitrogen and oxygen atoms in total. The number of hydrogen-bond donors (Lipinski definition) is 2. The van der Waals surface area contributed by atoms with Gasteiger partial charge in [-0.05, 0) is 48.5 Å². The molecule has 1 saturated heterocycles. The Labute approximate surface area is 179 Å². The third-order valence-electron chi connectivity index (χ3n) is 4.49. The standard InChI is InChI=1S/C20H21N3O7S/c21-19(25)14-1-5-16(6-2-14)22-18(24)13-30-20(26)15-3-7-17(8-4-15)31(27,28)23-9-11-29-12-10-23/h1-8H,9-13H2,(H2,21,25)(H,22,24). The first-order valence-electron chi connectivity index (χ1n) is 9.32. The van der Waals surface area contributed by atoms with E-state index in [1.807, 2.05) is 0 Å². The van der Waals surface area contributed by atoms with Crippen molar-refractivity contribution in [3.63, 3.8) is 0 Å². The Morgan fingerprint density at radius 1 is 0.968 bits per heavy atom. The number of anilines is 1. The summed E-state index contributed by atoms with van der Waals surface area (Å²) in [7, 11) is -3.67. The normalized spacial score (nSPS) is 14.6. The summed E-state index contributed by atoms with van der Waals surface area (Å²) in [5.41, 5.74) is 5.96. The highest BCUT2D eigenvalue weighted by Gasteiger charge is 2.26. The molecule has 0 saturated carbocycles. The number of benzene rings is 2. The first-order chi connectivity index (χ1) is 14.8. The second-order valence-electron chi connectivity index (χ2n) is 6.61. The molecule has 164 valence electrons. The van der Waals surface area contributed by atoms with Crippen molar-refractivity contribution in [3.8, 4) is 0 Å². The van der Waals surface area contributed by atoms with Crippen LogP contribution in [0.25, 0.3) is 0 Å². The van der Waals surface area contributed by atoms with E-state index >= 15 is 0 Å². The lowest BCUT2D eigenvalue weighted by Gasteiger charge is -2.26. The molecule has 1 aliphatic heterocycles. The number of primary amides is 1. The van der Waals surface area contributed by atoms with Crippen molar-refractivity contribution < 1.29 is 32.3 Å². The summed E-state index contributed by atoms with van der Waals surface area (Å²) < 4.78 is 36.6. The summed E-state index contributed by atoms with van der Waals surface area (Å²) in [5, 5.41) is 2.52. The number of morpholine rings is 1. The van der Waals surface area contributed by atoms with E-state index in [1.54, 1.807) is 0 Å². The van der Waals surface area contributed by atoms with E-state index in [2.05, 4.69) is 5.32 Å². The average Bonchev–Trinajstić information content (AvgIpc) is 2.78. The summed E-state index contributed by atoms with van der Waals surface area (Å²) in [6.07, 6.45) is 0. The fourth-order valence-electron chi connectivity index (χ4n) is 2.83.